The molecule has 2 N–H and O–H groups in total. The van der Waals surface area contributed by atoms with Crippen LogP contribution in [0.1, 0.15) is 21.9 Å². The highest BCUT2D eigenvalue weighted by Gasteiger charge is 2.18. The van der Waals surface area contributed by atoms with Crippen molar-refractivity contribution in [1.29, 1.82) is 0 Å². The van der Waals surface area contributed by atoms with Gasteiger partial charge in [-0.25, -0.2) is 31.1 Å². The normalized spacial score (nSPS) is 11.9. The number of aryl methyl sites for hydroxylation is 2. The predicted octanol–water partition coefficient (Wildman–Crippen LogP) is 2.40. The fourth-order valence-corrected chi connectivity index (χ4v) is 4.77. The standard InChI is InChI=1S/C21H23N5O5S2/c1-14-13-20(23-15(2)22-14)25-32(28,29)18-11-7-17(8-12-18)24-21(27)16-5-9-19(10-6-16)33(30,31)26(3)4/h5-13H,1-4H3,(H,24,27)(H,22,23,25). The third-order valence-corrected chi connectivity index (χ3v) is 7.72. The summed E-state index contributed by atoms with van der Waals surface area (Å²) in [5, 5.41) is 2.65. The maximum atomic E-state index is 12.6. The number of benzene rings is 2. The Bertz CT molecular complexity index is 1370. The van der Waals surface area contributed by atoms with E-state index in [4.69, 9.17) is 0 Å². The van der Waals surface area contributed by atoms with Crippen LogP contribution in [0.5, 0.6) is 0 Å². The first-order valence-corrected chi connectivity index (χ1v) is 12.6. The van der Waals surface area contributed by atoms with Crippen molar-refractivity contribution in [3.8, 4) is 0 Å². The molecule has 0 saturated heterocycles. The third-order valence-electron chi connectivity index (χ3n) is 4.52. The second-order valence-corrected chi connectivity index (χ2v) is 11.2. The van der Waals surface area contributed by atoms with Gasteiger partial charge < -0.3 is 5.32 Å². The van der Waals surface area contributed by atoms with Gasteiger partial charge in [0, 0.05) is 37.1 Å². The molecule has 1 heterocycles. The fraction of sp³-hybridized carbons (Fsp3) is 0.190. The zero-order valence-corrected chi connectivity index (χ0v) is 20.0. The van der Waals surface area contributed by atoms with Crippen molar-refractivity contribution in [3.63, 3.8) is 0 Å². The highest BCUT2D eigenvalue weighted by molar-refractivity contribution is 7.92. The summed E-state index contributed by atoms with van der Waals surface area (Å²) in [4.78, 5) is 20.7. The van der Waals surface area contributed by atoms with Crippen molar-refractivity contribution < 1.29 is 21.6 Å². The Kier molecular flexibility index (Phi) is 6.81. The van der Waals surface area contributed by atoms with Crippen LogP contribution in [0.4, 0.5) is 11.5 Å². The third kappa shape index (κ3) is 5.72. The topological polar surface area (TPSA) is 138 Å². The molecule has 0 aliphatic carbocycles. The van der Waals surface area contributed by atoms with Crippen molar-refractivity contribution in [1.82, 2.24) is 14.3 Å². The molecule has 0 atom stereocenters. The van der Waals surface area contributed by atoms with E-state index >= 15 is 0 Å². The number of carbonyl (C=O) groups is 1. The van der Waals surface area contributed by atoms with E-state index in [0.717, 1.165) is 4.31 Å². The Labute approximate surface area is 192 Å². The average Bonchev–Trinajstić information content (AvgIpc) is 2.73. The largest absolute Gasteiger partial charge is 0.322 e. The van der Waals surface area contributed by atoms with Crippen LogP contribution >= 0.6 is 0 Å². The van der Waals surface area contributed by atoms with E-state index in [2.05, 4.69) is 20.0 Å². The fourth-order valence-electron chi connectivity index (χ4n) is 2.88. The smallest absolute Gasteiger partial charge is 0.263 e. The van der Waals surface area contributed by atoms with Gasteiger partial charge in [0.2, 0.25) is 10.0 Å². The Hall–Kier alpha value is -3.35. The minimum Gasteiger partial charge on any atom is -0.322 e. The van der Waals surface area contributed by atoms with Gasteiger partial charge in [-0.05, 0) is 62.4 Å². The summed E-state index contributed by atoms with van der Waals surface area (Å²) in [7, 11) is -4.63. The van der Waals surface area contributed by atoms with Gasteiger partial charge in [0.05, 0.1) is 9.79 Å². The Morgan fingerprint density at radius 1 is 0.848 bits per heavy atom. The lowest BCUT2D eigenvalue weighted by Gasteiger charge is -2.12. The number of nitrogens with zero attached hydrogens (tertiary/aromatic N) is 3. The number of hydrogen-bond donors (Lipinski definition) is 2. The molecule has 0 aliphatic heterocycles. The van der Waals surface area contributed by atoms with Crippen LogP contribution < -0.4 is 10.0 Å². The maximum Gasteiger partial charge on any atom is 0.263 e. The van der Waals surface area contributed by atoms with Crippen molar-refractivity contribution >= 4 is 37.5 Å². The van der Waals surface area contributed by atoms with Crippen LogP contribution in [0.2, 0.25) is 0 Å². The van der Waals surface area contributed by atoms with E-state index < -0.39 is 26.0 Å². The summed E-state index contributed by atoms with van der Waals surface area (Å²) >= 11 is 0. The van der Waals surface area contributed by atoms with Crippen LogP contribution in [0.15, 0.2) is 64.4 Å². The van der Waals surface area contributed by atoms with Crippen LogP contribution in [-0.2, 0) is 20.0 Å². The van der Waals surface area contributed by atoms with Gasteiger partial charge in [-0.15, -0.1) is 0 Å². The molecule has 3 aromatic rings. The Balaban J connectivity index is 1.72. The number of anilines is 2. The minimum atomic E-state index is -3.88. The van der Waals surface area contributed by atoms with E-state index in [1.807, 2.05) is 0 Å². The van der Waals surface area contributed by atoms with Crippen LogP contribution in [-0.4, -0.2) is 51.1 Å². The highest BCUT2D eigenvalue weighted by Crippen LogP contribution is 2.19. The Morgan fingerprint density at radius 2 is 1.42 bits per heavy atom. The SMILES string of the molecule is Cc1cc(NS(=O)(=O)c2ccc(NC(=O)c3ccc(S(=O)(=O)N(C)C)cc3)cc2)nc(C)n1. The van der Waals surface area contributed by atoms with Crippen LogP contribution in [0, 0.1) is 13.8 Å². The molecular weight excluding hydrogens is 466 g/mol. The second-order valence-electron chi connectivity index (χ2n) is 7.34. The summed E-state index contributed by atoms with van der Waals surface area (Å²) in [6, 6.07) is 12.6. The summed E-state index contributed by atoms with van der Waals surface area (Å²) in [5.41, 5.74) is 1.25. The average molecular weight is 490 g/mol. The zero-order valence-electron chi connectivity index (χ0n) is 18.4. The number of rotatable bonds is 7. The summed E-state index contributed by atoms with van der Waals surface area (Å²) < 4.78 is 53.0. The van der Waals surface area contributed by atoms with Gasteiger partial charge in [-0.2, -0.15) is 0 Å². The van der Waals surface area contributed by atoms with Crippen molar-refractivity contribution in [2.24, 2.45) is 0 Å². The lowest BCUT2D eigenvalue weighted by Crippen LogP contribution is -2.22. The molecule has 0 unspecified atom stereocenters. The molecule has 1 amide bonds. The van der Waals surface area contributed by atoms with E-state index in [1.54, 1.807) is 13.8 Å². The van der Waals surface area contributed by atoms with Gasteiger partial charge >= 0.3 is 0 Å². The number of amides is 1. The van der Waals surface area contributed by atoms with Gasteiger partial charge in [0.1, 0.15) is 11.6 Å². The van der Waals surface area contributed by atoms with E-state index in [0.29, 0.717) is 17.2 Å². The lowest BCUT2D eigenvalue weighted by atomic mass is 10.2. The molecule has 174 valence electrons. The van der Waals surface area contributed by atoms with Gasteiger partial charge in [-0.3, -0.25) is 9.52 Å². The zero-order chi connectivity index (χ0) is 24.4. The van der Waals surface area contributed by atoms with Crippen molar-refractivity contribution in [2.75, 3.05) is 24.1 Å². The van der Waals surface area contributed by atoms with Crippen molar-refractivity contribution in [2.45, 2.75) is 23.6 Å². The number of carbonyl (C=O) groups excluding carboxylic acids is 1. The van der Waals surface area contributed by atoms with E-state index in [9.17, 15) is 21.6 Å². The first-order valence-electron chi connectivity index (χ1n) is 9.67. The molecule has 1 aromatic heterocycles. The first kappa shape index (κ1) is 24.3. The number of aromatic nitrogens is 2. The van der Waals surface area contributed by atoms with Crippen LogP contribution in [0.25, 0.3) is 0 Å². The monoisotopic (exact) mass is 489 g/mol. The van der Waals surface area contributed by atoms with Gasteiger partial charge in [0.25, 0.3) is 15.9 Å². The van der Waals surface area contributed by atoms with Crippen LogP contribution in [0.3, 0.4) is 0 Å². The molecule has 12 heteroatoms. The molecule has 0 fully saturated rings. The van der Waals surface area contributed by atoms with E-state index in [1.165, 1.54) is 68.7 Å². The van der Waals surface area contributed by atoms with Gasteiger partial charge in [-0.1, -0.05) is 0 Å². The number of sulfonamides is 2. The lowest BCUT2D eigenvalue weighted by molar-refractivity contribution is 0.102. The molecule has 0 bridgehead atoms. The second kappa shape index (κ2) is 9.25. The molecule has 3 rings (SSSR count). The summed E-state index contributed by atoms with van der Waals surface area (Å²) in [6.45, 7) is 3.40. The summed E-state index contributed by atoms with van der Waals surface area (Å²) in [6.07, 6.45) is 0. The Morgan fingerprint density at radius 3 is 1.97 bits per heavy atom. The minimum absolute atomic E-state index is 0.00679. The molecule has 0 aliphatic rings. The molecule has 33 heavy (non-hydrogen) atoms. The maximum absolute atomic E-state index is 12.6. The quantitative estimate of drug-likeness (QED) is 0.520. The molecule has 10 nitrogen and oxygen atoms in total. The molecule has 0 spiro atoms. The molecule has 2 aromatic carbocycles. The van der Waals surface area contributed by atoms with Gasteiger partial charge in [0.15, 0.2) is 0 Å². The number of nitrogens with one attached hydrogen (secondary N) is 2. The predicted molar refractivity (Wildman–Crippen MR) is 124 cm³/mol. The molecular formula is C21H23N5O5S2. The first-order chi connectivity index (χ1) is 15.4. The highest BCUT2D eigenvalue weighted by atomic mass is 32.2. The van der Waals surface area contributed by atoms with E-state index in [-0.39, 0.29) is 21.2 Å². The number of hydrogen-bond acceptors (Lipinski definition) is 7. The molecule has 0 radical (unpaired) electrons. The van der Waals surface area contributed by atoms with Crippen molar-refractivity contribution in [3.05, 3.63) is 71.7 Å². The summed E-state index contributed by atoms with van der Waals surface area (Å²) in [5.74, 6) is 0.139. The molecule has 0 saturated carbocycles.